The number of hydrogen-bond donors (Lipinski definition) is 2. The Morgan fingerprint density at radius 1 is 0.379 bits per heavy atom. The number of aliphatic hydroxyl groups excluding tert-OH is 1. The van der Waals surface area contributed by atoms with E-state index in [2.05, 4.69) is 12.2 Å². The Balaban J connectivity index is 2.97. The third kappa shape index (κ3) is 27.9. The molecule has 0 aliphatic rings. The smallest absolute Gasteiger partial charge is 0.0443 e. The predicted molar refractivity (Wildman–Crippen MR) is 132 cm³/mol. The number of unbranched alkanes of at least 4 members (excludes halogenated alkanes) is 21. The van der Waals surface area contributed by atoms with Crippen LogP contribution < -0.4 is 5.32 Å². The van der Waals surface area contributed by atoms with Gasteiger partial charge >= 0.3 is 0 Å². The Hall–Kier alpha value is -0.0800. The van der Waals surface area contributed by atoms with Gasteiger partial charge in [-0.05, 0) is 25.9 Å². The second-order valence-corrected chi connectivity index (χ2v) is 9.25. The maximum atomic E-state index is 8.71. The van der Waals surface area contributed by atoms with Crippen LogP contribution in [0.15, 0.2) is 0 Å². The van der Waals surface area contributed by atoms with E-state index in [4.69, 9.17) is 5.11 Å². The summed E-state index contributed by atoms with van der Waals surface area (Å²) >= 11 is 0. The van der Waals surface area contributed by atoms with Crippen LogP contribution in [0.25, 0.3) is 0 Å². The summed E-state index contributed by atoms with van der Waals surface area (Å²) < 4.78 is 0. The average molecular weight is 412 g/mol. The van der Waals surface area contributed by atoms with Gasteiger partial charge in [-0.15, -0.1) is 0 Å². The van der Waals surface area contributed by atoms with Crippen molar-refractivity contribution < 1.29 is 5.11 Å². The molecular weight excluding hydrogens is 354 g/mol. The molecule has 0 bridgehead atoms. The van der Waals surface area contributed by atoms with E-state index in [1.54, 1.807) is 0 Å². The fourth-order valence-electron chi connectivity index (χ4n) is 4.19. The van der Waals surface area contributed by atoms with Crippen molar-refractivity contribution in [2.75, 3.05) is 19.7 Å². The van der Waals surface area contributed by atoms with Crippen LogP contribution in [0.1, 0.15) is 155 Å². The molecule has 176 valence electrons. The number of aliphatic hydroxyl groups is 1. The van der Waals surface area contributed by atoms with Crippen molar-refractivity contribution in [1.82, 2.24) is 5.32 Å². The fraction of sp³-hybridized carbons (Fsp3) is 1.00. The molecule has 0 aromatic rings. The lowest BCUT2D eigenvalue weighted by atomic mass is 10.0. The summed E-state index contributed by atoms with van der Waals surface area (Å²) in [5.74, 6) is 0. The molecule has 0 rings (SSSR count). The van der Waals surface area contributed by atoms with Gasteiger partial charge in [0.2, 0.25) is 0 Å². The largest absolute Gasteiger partial charge is 0.396 e. The molecule has 0 saturated carbocycles. The summed E-state index contributed by atoms with van der Waals surface area (Å²) in [5, 5.41) is 12.1. The van der Waals surface area contributed by atoms with Crippen LogP contribution in [0, 0.1) is 0 Å². The van der Waals surface area contributed by atoms with Crippen LogP contribution in [0.3, 0.4) is 0 Å². The van der Waals surface area contributed by atoms with E-state index in [-0.39, 0.29) is 0 Å². The first-order chi connectivity index (χ1) is 14.4. The van der Waals surface area contributed by atoms with E-state index in [1.807, 2.05) is 0 Å². The van der Waals surface area contributed by atoms with Gasteiger partial charge in [0.1, 0.15) is 0 Å². The molecule has 0 heterocycles. The van der Waals surface area contributed by atoms with Crippen molar-refractivity contribution in [3.05, 3.63) is 0 Å². The highest BCUT2D eigenvalue weighted by Gasteiger charge is 1.96. The predicted octanol–water partition coefficient (Wildman–Crippen LogP) is 8.56. The summed E-state index contributed by atoms with van der Waals surface area (Å²) in [5.41, 5.74) is 0. The quantitative estimate of drug-likeness (QED) is 0.140. The Kier molecular flexibility index (Phi) is 27.8. The van der Waals surface area contributed by atoms with Gasteiger partial charge in [-0.25, -0.2) is 0 Å². The second-order valence-electron chi connectivity index (χ2n) is 9.25. The third-order valence-electron chi connectivity index (χ3n) is 6.22. The van der Waals surface area contributed by atoms with E-state index < -0.39 is 0 Å². The van der Waals surface area contributed by atoms with Gasteiger partial charge in [-0.3, -0.25) is 0 Å². The third-order valence-corrected chi connectivity index (χ3v) is 6.22. The Morgan fingerprint density at radius 3 is 0.966 bits per heavy atom. The minimum atomic E-state index is 0.312. The van der Waals surface area contributed by atoms with Gasteiger partial charge in [0.05, 0.1) is 0 Å². The van der Waals surface area contributed by atoms with Gasteiger partial charge in [0, 0.05) is 6.61 Å². The molecule has 0 radical (unpaired) electrons. The topological polar surface area (TPSA) is 32.3 Å². The first kappa shape index (κ1) is 28.9. The summed E-state index contributed by atoms with van der Waals surface area (Å²) in [4.78, 5) is 0. The molecule has 2 heteroatoms. The molecular formula is C27H57NO. The van der Waals surface area contributed by atoms with E-state index in [1.165, 1.54) is 141 Å². The van der Waals surface area contributed by atoms with Crippen molar-refractivity contribution in [1.29, 1.82) is 0 Å². The molecule has 0 unspecified atom stereocenters. The zero-order valence-corrected chi connectivity index (χ0v) is 20.3. The first-order valence-electron chi connectivity index (χ1n) is 13.7. The summed E-state index contributed by atoms with van der Waals surface area (Å²) in [6.45, 7) is 4.70. The van der Waals surface area contributed by atoms with E-state index in [9.17, 15) is 0 Å². The minimum Gasteiger partial charge on any atom is -0.396 e. The summed E-state index contributed by atoms with van der Waals surface area (Å²) in [6.07, 6.45) is 32.7. The summed E-state index contributed by atoms with van der Waals surface area (Å²) in [6, 6.07) is 0. The lowest BCUT2D eigenvalue weighted by Gasteiger charge is -2.05. The van der Waals surface area contributed by atoms with Crippen LogP contribution >= 0.6 is 0 Å². The highest BCUT2D eigenvalue weighted by Crippen LogP contribution is 2.15. The van der Waals surface area contributed by atoms with Crippen LogP contribution in [-0.4, -0.2) is 24.8 Å². The SMILES string of the molecule is CCCCCCCCCCCCCCCCCCCCCCCCNCCCO. The highest BCUT2D eigenvalue weighted by atomic mass is 16.3. The molecule has 0 aliphatic heterocycles. The van der Waals surface area contributed by atoms with Gasteiger partial charge in [-0.2, -0.15) is 0 Å². The van der Waals surface area contributed by atoms with Gasteiger partial charge in [0.15, 0.2) is 0 Å². The minimum absolute atomic E-state index is 0.312. The Bertz CT molecular complexity index is 243. The zero-order valence-electron chi connectivity index (χ0n) is 20.3. The number of rotatable bonds is 26. The van der Waals surface area contributed by atoms with Crippen LogP contribution in [0.2, 0.25) is 0 Å². The highest BCUT2D eigenvalue weighted by molar-refractivity contribution is 4.52. The fourth-order valence-corrected chi connectivity index (χ4v) is 4.19. The maximum absolute atomic E-state index is 8.71. The lowest BCUT2D eigenvalue weighted by molar-refractivity contribution is 0.286. The number of hydrogen-bond acceptors (Lipinski definition) is 2. The van der Waals surface area contributed by atoms with Crippen molar-refractivity contribution in [3.8, 4) is 0 Å². The van der Waals surface area contributed by atoms with Crippen LogP contribution in [0.5, 0.6) is 0 Å². The lowest BCUT2D eigenvalue weighted by Crippen LogP contribution is -2.17. The zero-order chi connectivity index (χ0) is 21.1. The molecule has 2 nitrogen and oxygen atoms in total. The van der Waals surface area contributed by atoms with Gasteiger partial charge in [0.25, 0.3) is 0 Å². The van der Waals surface area contributed by atoms with Crippen molar-refractivity contribution in [3.63, 3.8) is 0 Å². The molecule has 29 heavy (non-hydrogen) atoms. The molecule has 0 atom stereocenters. The van der Waals surface area contributed by atoms with Crippen LogP contribution in [0.4, 0.5) is 0 Å². The van der Waals surface area contributed by atoms with Gasteiger partial charge in [-0.1, -0.05) is 142 Å². The maximum Gasteiger partial charge on any atom is 0.0443 e. The number of nitrogens with one attached hydrogen (secondary N) is 1. The molecule has 2 N–H and O–H groups in total. The molecule has 0 fully saturated rings. The van der Waals surface area contributed by atoms with Crippen LogP contribution in [-0.2, 0) is 0 Å². The van der Waals surface area contributed by atoms with Crippen molar-refractivity contribution in [2.24, 2.45) is 0 Å². The molecule has 0 spiro atoms. The van der Waals surface area contributed by atoms with E-state index in [0.717, 1.165) is 19.5 Å². The molecule has 0 amide bonds. The molecule has 0 aromatic carbocycles. The van der Waals surface area contributed by atoms with Crippen molar-refractivity contribution in [2.45, 2.75) is 155 Å². The monoisotopic (exact) mass is 411 g/mol. The Morgan fingerprint density at radius 2 is 0.655 bits per heavy atom. The first-order valence-corrected chi connectivity index (χ1v) is 13.7. The molecule has 0 aliphatic carbocycles. The average Bonchev–Trinajstić information content (AvgIpc) is 2.74. The van der Waals surface area contributed by atoms with Gasteiger partial charge < -0.3 is 10.4 Å². The summed E-state index contributed by atoms with van der Waals surface area (Å²) in [7, 11) is 0. The Labute approximate surface area is 185 Å². The molecule has 0 aromatic heterocycles. The standard InChI is InChI=1S/C27H57NO/c1-2-3-4-5-6-7-8-9-10-11-12-13-14-15-16-17-18-19-20-21-22-23-25-28-26-24-27-29/h28-29H,2-27H2,1H3. The normalized spacial score (nSPS) is 11.4. The second kappa shape index (κ2) is 27.9. The van der Waals surface area contributed by atoms with E-state index in [0.29, 0.717) is 6.61 Å². The van der Waals surface area contributed by atoms with Crippen molar-refractivity contribution >= 4 is 0 Å². The molecule has 0 saturated heterocycles. The van der Waals surface area contributed by atoms with E-state index >= 15 is 0 Å².